The first-order valence-corrected chi connectivity index (χ1v) is 8.73. The summed E-state index contributed by atoms with van der Waals surface area (Å²) in [5.74, 6) is 1.07. The van der Waals surface area contributed by atoms with Crippen LogP contribution < -0.4 is 0 Å². The van der Waals surface area contributed by atoms with E-state index in [1.807, 2.05) is 54.6 Å². The highest BCUT2D eigenvalue weighted by molar-refractivity contribution is 5.99. The molecular weight excluding hydrogens is 336 g/mol. The van der Waals surface area contributed by atoms with E-state index in [9.17, 15) is 0 Å². The van der Waals surface area contributed by atoms with Gasteiger partial charge in [-0.15, -0.1) is 10.2 Å². The molecule has 0 saturated carbocycles. The van der Waals surface area contributed by atoms with E-state index in [-0.39, 0.29) is 0 Å². The van der Waals surface area contributed by atoms with Crippen molar-refractivity contribution in [1.82, 2.24) is 20.2 Å². The molecule has 5 aromatic rings. The van der Waals surface area contributed by atoms with Crippen LogP contribution in [0.3, 0.4) is 0 Å². The number of aromatic amines is 1. The van der Waals surface area contributed by atoms with Gasteiger partial charge in [0.2, 0.25) is 5.82 Å². The van der Waals surface area contributed by atoms with Gasteiger partial charge >= 0.3 is 0 Å². The second kappa shape index (κ2) is 6.21. The second-order valence-corrected chi connectivity index (χ2v) is 6.35. The Morgan fingerprint density at radius 1 is 0.815 bits per heavy atom. The number of aromatic nitrogens is 4. The molecule has 0 aliphatic carbocycles. The van der Waals surface area contributed by atoms with Crippen molar-refractivity contribution in [3.63, 3.8) is 0 Å². The lowest BCUT2D eigenvalue weighted by Crippen LogP contribution is -2.00. The summed E-state index contributed by atoms with van der Waals surface area (Å²) in [6, 6.07) is 21.9. The molecule has 0 saturated heterocycles. The maximum atomic E-state index is 5.48. The van der Waals surface area contributed by atoms with Gasteiger partial charge in [-0.25, -0.2) is 4.98 Å². The van der Waals surface area contributed by atoms with Crippen molar-refractivity contribution >= 4 is 10.9 Å². The molecule has 130 valence electrons. The first kappa shape index (κ1) is 15.5. The van der Waals surface area contributed by atoms with Crippen molar-refractivity contribution in [2.24, 2.45) is 0 Å². The maximum Gasteiger partial charge on any atom is 0.218 e. The number of hydrogen-bond acceptors (Lipinski definition) is 4. The molecular formula is C22H16N4O. The summed E-state index contributed by atoms with van der Waals surface area (Å²) in [5.41, 5.74) is 5.66. The van der Waals surface area contributed by atoms with E-state index in [4.69, 9.17) is 9.40 Å². The highest BCUT2D eigenvalue weighted by atomic mass is 16.3. The van der Waals surface area contributed by atoms with Crippen molar-refractivity contribution in [1.29, 1.82) is 0 Å². The minimum Gasteiger partial charge on any atom is -0.461 e. The molecule has 0 aliphatic rings. The average molecular weight is 352 g/mol. The van der Waals surface area contributed by atoms with Crippen LogP contribution in [0.2, 0.25) is 0 Å². The first-order valence-electron chi connectivity index (χ1n) is 8.73. The summed E-state index contributed by atoms with van der Waals surface area (Å²) in [4.78, 5) is 8.30. The zero-order valence-corrected chi connectivity index (χ0v) is 14.7. The number of fused-ring (bicyclic) bond motifs is 1. The molecule has 0 fully saturated rings. The summed E-state index contributed by atoms with van der Waals surface area (Å²) in [5, 5.41) is 9.94. The van der Waals surface area contributed by atoms with E-state index in [1.165, 1.54) is 0 Å². The quantitative estimate of drug-likeness (QED) is 0.481. The molecule has 0 radical (unpaired) electrons. The molecule has 0 unspecified atom stereocenters. The summed E-state index contributed by atoms with van der Waals surface area (Å²) in [6.07, 6.45) is 1.61. The van der Waals surface area contributed by atoms with Gasteiger partial charge in [-0.3, -0.25) is 0 Å². The van der Waals surface area contributed by atoms with Crippen molar-refractivity contribution in [2.75, 3.05) is 0 Å². The number of nitrogens with zero attached hydrogens (tertiary/aromatic N) is 3. The average Bonchev–Trinajstić information content (AvgIpc) is 3.35. The highest BCUT2D eigenvalue weighted by Gasteiger charge is 2.20. The van der Waals surface area contributed by atoms with Crippen molar-refractivity contribution < 1.29 is 4.42 Å². The molecule has 0 atom stereocenters. The highest BCUT2D eigenvalue weighted by Crippen LogP contribution is 2.36. The third-order valence-electron chi connectivity index (χ3n) is 4.61. The monoisotopic (exact) mass is 352 g/mol. The lowest BCUT2D eigenvalue weighted by atomic mass is 10.0. The van der Waals surface area contributed by atoms with Crippen LogP contribution in [0.5, 0.6) is 0 Å². The predicted octanol–water partition coefficient (Wildman–Crippen LogP) is 5.26. The molecule has 0 aliphatic heterocycles. The van der Waals surface area contributed by atoms with Crippen LogP contribution in [-0.2, 0) is 0 Å². The van der Waals surface area contributed by atoms with Crippen LogP contribution in [0.25, 0.3) is 45.0 Å². The number of rotatable bonds is 3. The number of hydrogen-bond donors (Lipinski definition) is 1. The Hall–Kier alpha value is -3.73. The fourth-order valence-corrected chi connectivity index (χ4v) is 3.38. The molecule has 3 heterocycles. The normalized spacial score (nSPS) is 11.1. The topological polar surface area (TPSA) is 67.6 Å². The summed E-state index contributed by atoms with van der Waals surface area (Å²) in [7, 11) is 0. The molecule has 0 spiro atoms. The maximum absolute atomic E-state index is 5.48. The Bertz CT molecular complexity index is 1220. The van der Waals surface area contributed by atoms with Gasteiger partial charge in [-0.05, 0) is 25.1 Å². The van der Waals surface area contributed by atoms with Gasteiger partial charge in [-0.2, -0.15) is 0 Å². The third-order valence-corrected chi connectivity index (χ3v) is 4.61. The molecule has 1 N–H and O–H groups in total. The van der Waals surface area contributed by atoms with Gasteiger partial charge in [0, 0.05) is 27.7 Å². The molecule has 5 nitrogen and oxygen atoms in total. The lowest BCUT2D eigenvalue weighted by molar-refractivity contribution is 0.576. The van der Waals surface area contributed by atoms with Crippen molar-refractivity contribution in [2.45, 2.75) is 6.92 Å². The Balaban J connectivity index is 1.82. The summed E-state index contributed by atoms with van der Waals surface area (Å²) in [6.45, 7) is 2.05. The Morgan fingerprint density at radius 2 is 1.63 bits per heavy atom. The van der Waals surface area contributed by atoms with Crippen LogP contribution in [0.15, 0.2) is 77.4 Å². The zero-order chi connectivity index (χ0) is 18.2. The van der Waals surface area contributed by atoms with Crippen LogP contribution in [0.4, 0.5) is 0 Å². The van der Waals surface area contributed by atoms with Crippen LogP contribution >= 0.6 is 0 Å². The van der Waals surface area contributed by atoms with Crippen LogP contribution in [-0.4, -0.2) is 20.2 Å². The predicted molar refractivity (Wildman–Crippen MR) is 105 cm³/mol. The minimum atomic E-state index is 0.472. The van der Waals surface area contributed by atoms with E-state index >= 15 is 0 Å². The van der Waals surface area contributed by atoms with Gasteiger partial charge in [0.05, 0.1) is 6.26 Å². The van der Waals surface area contributed by atoms with E-state index in [2.05, 4.69) is 34.2 Å². The Kier molecular flexibility index (Phi) is 3.57. The largest absolute Gasteiger partial charge is 0.461 e. The Labute approximate surface area is 155 Å². The van der Waals surface area contributed by atoms with Crippen LogP contribution in [0, 0.1) is 6.92 Å². The molecule has 3 aromatic heterocycles. The smallest absolute Gasteiger partial charge is 0.218 e. The second-order valence-electron chi connectivity index (χ2n) is 6.35. The van der Waals surface area contributed by atoms with E-state index in [0.29, 0.717) is 11.6 Å². The SMILES string of the molecule is Cc1[nH]c2ccccc2c1-c1nc(-c2ccco2)nnc1-c1ccccc1. The minimum absolute atomic E-state index is 0.472. The summed E-state index contributed by atoms with van der Waals surface area (Å²) >= 11 is 0. The van der Waals surface area contributed by atoms with Crippen LogP contribution in [0.1, 0.15) is 5.69 Å². The molecule has 27 heavy (non-hydrogen) atoms. The molecule has 5 heteroatoms. The van der Waals surface area contributed by atoms with E-state index < -0.39 is 0 Å². The van der Waals surface area contributed by atoms with Crippen molar-refractivity contribution in [3.8, 4) is 34.1 Å². The zero-order valence-electron chi connectivity index (χ0n) is 14.7. The summed E-state index contributed by atoms with van der Waals surface area (Å²) < 4.78 is 5.48. The number of aryl methyl sites for hydroxylation is 1. The number of furan rings is 1. The van der Waals surface area contributed by atoms with Gasteiger partial charge in [0.15, 0.2) is 5.76 Å². The molecule has 0 amide bonds. The van der Waals surface area contributed by atoms with Gasteiger partial charge in [0.25, 0.3) is 0 Å². The number of H-pyrrole nitrogens is 1. The fraction of sp³-hybridized carbons (Fsp3) is 0.0455. The van der Waals surface area contributed by atoms with Gasteiger partial charge in [-0.1, -0.05) is 48.5 Å². The fourth-order valence-electron chi connectivity index (χ4n) is 3.38. The first-order chi connectivity index (χ1) is 13.3. The molecule has 2 aromatic carbocycles. The van der Waals surface area contributed by atoms with Gasteiger partial charge < -0.3 is 9.40 Å². The number of benzene rings is 2. The lowest BCUT2D eigenvalue weighted by Gasteiger charge is -2.09. The molecule has 0 bridgehead atoms. The standard InChI is InChI=1S/C22H16N4O/c1-14-19(16-10-5-6-11-17(16)23-14)21-20(15-8-3-2-4-9-15)25-26-22(24-21)18-12-7-13-27-18/h2-13,23H,1H3. The molecule has 5 rings (SSSR count). The van der Waals surface area contributed by atoms with E-state index in [1.54, 1.807) is 6.26 Å². The Morgan fingerprint density at radius 3 is 2.44 bits per heavy atom. The third kappa shape index (κ3) is 2.60. The van der Waals surface area contributed by atoms with Gasteiger partial charge in [0.1, 0.15) is 11.4 Å². The number of para-hydroxylation sites is 1. The van der Waals surface area contributed by atoms with E-state index in [0.717, 1.165) is 39.1 Å². The number of nitrogens with one attached hydrogen (secondary N) is 1. The van der Waals surface area contributed by atoms with Crippen molar-refractivity contribution in [3.05, 3.63) is 78.7 Å².